The SMILES string of the molecule is CCN1CCC(CN)(N2CCCCCC2)CC1. The van der Waals surface area contributed by atoms with E-state index in [2.05, 4.69) is 16.7 Å². The molecule has 2 heterocycles. The van der Waals surface area contributed by atoms with E-state index in [0.717, 1.165) is 6.54 Å². The highest BCUT2D eigenvalue weighted by Crippen LogP contribution is 2.30. The number of nitrogens with two attached hydrogens (primary N) is 1. The molecule has 2 aliphatic heterocycles. The van der Waals surface area contributed by atoms with Crippen molar-refractivity contribution in [2.75, 3.05) is 39.3 Å². The highest BCUT2D eigenvalue weighted by Gasteiger charge is 2.38. The predicted molar refractivity (Wildman–Crippen MR) is 73.2 cm³/mol. The van der Waals surface area contributed by atoms with Crippen molar-refractivity contribution in [3.63, 3.8) is 0 Å². The Bertz CT molecular complexity index is 214. The van der Waals surface area contributed by atoms with E-state index in [4.69, 9.17) is 5.73 Å². The standard InChI is InChI=1S/C14H29N3/c1-2-16-11-7-14(13-15,8-12-16)17-9-5-3-4-6-10-17/h2-13,15H2,1H3. The first-order chi connectivity index (χ1) is 8.30. The van der Waals surface area contributed by atoms with Crippen LogP contribution in [0.2, 0.25) is 0 Å². The molecular weight excluding hydrogens is 210 g/mol. The second kappa shape index (κ2) is 6.17. The van der Waals surface area contributed by atoms with Crippen molar-refractivity contribution >= 4 is 0 Å². The first-order valence-corrected chi connectivity index (χ1v) is 7.48. The van der Waals surface area contributed by atoms with Crippen LogP contribution in [-0.2, 0) is 0 Å². The number of hydrogen-bond donors (Lipinski definition) is 1. The lowest BCUT2D eigenvalue weighted by atomic mass is 9.85. The van der Waals surface area contributed by atoms with Gasteiger partial charge in [0.15, 0.2) is 0 Å². The molecule has 3 heteroatoms. The lowest BCUT2D eigenvalue weighted by molar-refractivity contribution is 0.0305. The minimum Gasteiger partial charge on any atom is -0.329 e. The van der Waals surface area contributed by atoms with E-state index in [1.54, 1.807) is 0 Å². The van der Waals surface area contributed by atoms with Crippen LogP contribution in [0, 0.1) is 0 Å². The maximum atomic E-state index is 6.15. The molecule has 0 radical (unpaired) electrons. The fraction of sp³-hybridized carbons (Fsp3) is 1.00. The fourth-order valence-corrected chi connectivity index (χ4v) is 3.48. The van der Waals surface area contributed by atoms with Crippen molar-refractivity contribution in [1.82, 2.24) is 9.80 Å². The zero-order chi connectivity index (χ0) is 12.1. The summed E-state index contributed by atoms with van der Waals surface area (Å²) in [5.41, 5.74) is 6.48. The second-order valence-electron chi connectivity index (χ2n) is 5.76. The van der Waals surface area contributed by atoms with Crippen molar-refractivity contribution in [3.8, 4) is 0 Å². The molecule has 0 aromatic heterocycles. The summed E-state index contributed by atoms with van der Waals surface area (Å²) in [5, 5.41) is 0. The molecule has 0 bridgehead atoms. The Morgan fingerprint density at radius 2 is 1.53 bits per heavy atom. The van der Waals surface area contributed by atoms with Gasteiger partial charge in [-0.15, -0.1) is 0 Å². The van der Waals surface area contributed by atoms with Gasteiger partial charge in [-0.1, -0.05) is 19.8 Å². The average molecular weight is 239 g/mol. The molecule has 0 aromatic carbocycles. The Hall–Kier alpha value is -0.120. The highest BCUT2D eigenvalue weighted by molar-refractivity contribution is 4.96. The number of rotatable bonds is 3. The maximum Gasteiger partial charge on any atom is 0.0356 e. The topological polar surface area (TPSA) is 32.5 Å². The molecule has 0 spiro atoms. The third-order valence-corrected chi connectivity index (χ3v) is 4.89. The van der Waals surface area contributed by atoms with Crippen LogP contribution in [0.4, 0.5) is 0 Å². The van der Waals surface area contributed by atoms with Gasteiger partial charge in [0.2, 0.25) is 0 Å². The van der Waals surface area contributed by atoms with E-state index in [1.807, 2.05) is 0 Å². The van der Waals surface area contributed by atoms with Crippen molar-refractivity contribution in [1.29, 1.82) is 0 Å². The van der Waals surface area contributed by atoms with Crippen LogP contribution in [0.5, 0.6) is 0 Å². The van der Waals surface area contributed by atoms with Crippen LogP contribution in [0.3, 0.4) is 0 Å². The highest BCUT2D eigenvalue weighted by atomic mass is 15.2. The molecule has 2 rings (SSSR count). The van der Waals surface area contributed by atoms with Crippen molar-refractivity contribution < 1.29 is 0 Å². The summed E-state index contributed by atoms with van der Waals surface area (Å²) in [6.45, 7) is 9.35. The Balaban J connectivity index is 1.98. The summed E-state index contributed by atoms with van der Waals surface area (Å²) in [4.78, 5) is 5.29. The van der Waals surface area contributed by atoms with E-state index >= 15 is 0 Å². The van der Waals surface area contributed by atoms with Crippen LogP contribution in [0.15, 0.2) is 0 Å². The number of piperidine rings is 1. The maximum absolute atomic E-state index is 6.15. The molecule has 2 N–H and O–H groups in total. The predicted octanol–water partition coefficient (Wildman–Crippen LogP) is 1.68. The summed E-state index contributed by atoms with van der Waals surface area (Å²) >= 11 is 0. The van der Waals surface area contributed by atoms with Crippen LogP contribution in [0.1, 0.15) is 45.4 Å². The molecule has 0 saturated carbocycles. The molecule has 2 fully saturated rings. The number of hydrogen-bond acceptors (Lipinski definition) is 3. The summed E-state index contributed by atoms with van der Waals surface area (Å²) in [6, 6.07) is 0. The third kappa shape index (κ3) is 3.01. The van der Waals surface area contributed by atoms with Gasteiger partial charge in [0, 0.05) is 12.1 Å². The van der Waals surface area contributed by atoms with Gasteiger partial charge < -0.3 is 10.6 Å². The van der Waals surface area contributed by atoms with E-state index in [-0.39, 0.29) is 0 Å². The van der Waals surface area contributed by atoms with E-state index in [1.165, 1.54) is 71.2 Å². The van der Waals surface area contributed by atoms with Gasteiger partial charge in [-0.25, -0.2) is 0 Å². The van der Waals surface area contributed by atoms with E-state index in [0.29, 0.717) is 5.54 Å². The molecule has 100 valence electrons. The molecule has 0 aliphatic carbocycles. The monoisotopic (exact) mass is 239 g/mol. The van der Waals surface area contributed by atoms with Crippen molar-refractivity contribution in [3.05, 3.63) is 0 Å². The van der Waals surface area contributed by atoms with Gasteiger partial charge in [-0.05, 0) is 58.4 Å². The van der Waals surface area contributed by atoms with E-state index in [9.17, 15) is 0 Å². The van der Waals surface area contributed by atoms with Gasteiger partial charge in [0.1, 0.15) is 0 Å². The number of nitrogens with zero attached hydrogens (tertiary/aromatic N) is 2. The molecule has 0 atom stereocenters. The fourth-order valence-electron chi connectivity index (χ4n) is 3.48. The van der Waals surface area contributed by atoms with Crippen LogP contribution < -0.4 is 5.73 Å². The molecule has 0 unspecified atom stereocenters. The third-order valence-electron chi connectivity index (χ3n) is 4.89. The normalized spacial score (nSPS) is 27.9. The molecule has 17 heavy (non-hydrogen) atoms. The molecule has 0 amide bonds. The molecule has 0 aromatic rings. The van der Waals surface area contributed by atoms with Gasteiger partial charge >= 0.3 is 0 Å². The summed E-state index contributed by atoms with van der Waals surface area (Å²) in [5.74, 6) is 0. The Morgan fingerprint density at radius 3 is 2.00 bits per heavy atom. The molecule has 2 saturated heterocycles. The first kappa shape index (κ1) is 13.3. The summed E-state index contributed by atoms with van der Waals surface area (Å²) in [7, 11) is 0. The Kier molecular flexibility index (Phi) is 4.83. The minimum absolute atomic E-state index is 0.329. The van der Waals surface area contributed by atoms with E-state index < -0.39 is 0 Å². The molecule has 3 nitrogen and oxygen atoms in total. The zero-order valence-electron chi connectivity index (χ0n) is 11.5. The van der Waals surface area contributed by atoms with Crippen LogP contribution in [-0.4, -0.2) is 54.6 Å². The average Bonchev–Trinajstić information content (AvgIpc) is 2.68. The zero-order valence-corrected chi connectivity index (χ0v) is 11.5. The van der Waals surface area contributed by atoms with Crippen molar-refractivity contribution in [2.45, 2.75) is 51.0 Å². The molecular formula is C14H29N3. The Morgan fingerprint density at radius 1 is 0.941 bits per heavy atom. The minimum atomic E-state index is 0.329. The largest absolute Gasteiger partial charge is 0.329 e. The van der Waals surface area contributed by atoms with Gasteiger partial charge in [-0.2, -0.15) is 0 Å². The summed E-state index contributed by atoms with van der Waals surface area (Å²) < 4.78 is 0. The van der Waals surface area contributed by atoms with Gasteiger partial charge in [0.25, 0.3) is 0 Å². The summed E-state index contributed by atoms with van der Waals surface area (Å²) in [6.07, 6.45) is 8.13. The van der Waals surface area contributed by atoms with Gasteiger partial charge in [-0.3, -0.25) is 4.90 Å². The van der Waals surface area contributed by atoms with Crippen LogP contribution in [0.25, 0.3) is 0 Å². The smallest absolute Gasteiger partial charge is 0.0356 e. The lowest BCUT2D eigenvalue weighted by Gasteiger charge is -2.48. The second-order valence-corrected chi connectivity index (χ2v) is 5.76. The first-order valence-electron chi connectivity index (χ1n) is 7.48. The van der Waals surface area contributed by atoms with Crippen molar-refractivity contribution in [2.24, 2.45) is 5.73 Å². The van der Waals surface area contributed by atoms with Crippen LogP contribution >= 0.6 is 0 Å². The van der Waals surface area contributed by atoms with Gasteiger partial charge in [0.05, 0.1) is 0 Å². The lowest BCUT2D eigenvalue weighted by Crippen LogP contribution is -2.59. The number of likely N-dealkylation sites (tertiary alicyclic amines) is 2. The molecule has 2 aliphatic rings. The quantitative estimate of drug-likeness (QED) is 0.813. The Labute approximate surface area is 106 Å².